The molecule has 2 heterocycles. The summed E-state index contributed by atoms with van der Waals surface area (Å²) < 4.78 is 12.1. The number of hydrogen-bond acceptors (Lipinski definition) is 4. The van der Waals surface area contributed by atoms with Gasteiger partial charge in [0.25, 0.3) is 0 Å². The van der Waals surface area contributed by atoms with Crippen molar-refractivity contribution in [3.05, 3.63) is 84.3 Å². The summed E-state index contributed by atoms with van der Waals surface area (Å²) in [7, 11) is 0. The Hall–Kier alpha value is -3.88. The fraction of sp³-hybridized carbons (Fsp3) is 0.267. The molecule has 1 aliphatic rings. The Morgan fingerprint density at radius 2 is 1.60 bits per heavy atom. The zero-order chi connectivity index (χ0) is 24.4. The average molecular weight is 464 g/mol. The van der Waals surface area contributed by atoms with Crippen molar-refractivity contribution in [1.29, 1.82) is 0 Å². The van der Waals surface area contributed by atoms with Crippen LogP contribution in [0.3, 0.4) is 0 Å². The lowest BCUT2D eigenvalue weighted by atomic mass is 9.98. The highest BCUT2D eigenvalue weighted by molar-refractivity contribution is 6.00. The van der Waals surface area contributed by atoms with Crippen molar-refractivity contribution >= 4 is 22.3 Å². The molecule has 3 aromatic carbocycles. The Bertz CT molecular complexity index is 1360. The van der Waals surface area contributed by atoms with Crippen molar-refractivity contribution in [1.82, 2.24) is 4.98 Å². The topological polar surface area (TPSA) is 39.0 Å². The lowest BCUT2D eigenvalue weighted by Crippen LogP contribution is -2.45. The first-order valence-electron chi connectivity index (χ1n) is 12.1. The number of aromatic nitrogens is 1. The molecule has 1 saturated heterocycles. The third-order valence-corrected chi connectivity index (χ3v) is 6.41. The van der Waals surface area contributed by atoms with Crippen molar-refractivity contribution in [3.8, 4) is 28.0 Å². The van der Waals surface area contributed by atoms with E-state index in [1.807, 2.05) is 43.5 Å². The fourth-order valence-corrected chi connectivity index (χ4v) is 4.89. The van der Waals surface area contributed by atoms with Crippen LogP contribution in [0.5, 0.6) is 5.75 Å². The van der Waals surface area contributed by atoms with Gasteiger partial charge in [-0.15, -0.1) is 0 Å². The fourth-order valence-electron chi connectivity index (χ4n) is 4.89. The summed E-state index contributed by atoms with van der Waals surface area (Å²) in [5, 5.41) is 0.982. The van der Waals surface area contributed by atoms with Crippen molar-refractivity contribution in [2.75, 3.05) is 24.6 Å². The lowest BCUT2D eigenvalue weighted by Gasteiger charge is -2.36. The summed E-state index contributed by atoms with van der Waals surface area (Å²) in [5.74, 6) is 0.846. The third kappa shape index (κ3) is 4.58. The minimum absolute atomic E-state index is 0.222. The lowest BCUT2D eigenvalue weighted by molar-refractivity contribution is -0.00521. The largest absolute Gasteiger partial charge is 0.492 e. The predicted octanol–water partition coefficient (Wildman–Crippen LogP) is 7.13. The number of para-hydroxylation sites is 1. The second-order valence-corrected chi connectivity index (χ2v) is 9.00. The molecule has 0 unspecified atom stereocenters. The highest BCUT2D eigenvalue weighted by Crippen LogP contribution is 2.39. The van der Waals surface area contributed by atoms with E-state index in [2.05, 4.69) is 60.0 Å². The number of ether oxygens (including phenoxy) is 2. The van der Waals surface area contributed by atoms with Gasteiger partial charge in [-0.1, -0.05) is 48.5 Å². The van der Waals surface area contributed by atoms with Crippen LogP contribution < -0.4 is 9.64 Å². The smallest absolute Gasteiger partial charge is 0.187 e. The summed E-state index contributed by atoms with van der Waals surface area (Å²) in [6, 6.07) is 22.5. The highest BCUT2D eigenvalue weighted by atomic mass is 16.5. The Labute approximate surface area is 206 Å². The maximum absolute atomic E-state index is 7.21. The summed E-state index contributed by atoms with van der Waals surface area (Å²) in [5.41, 5.74) is 6.84. The maximum Gasteiger partial charge on any atom is 0.187 e. The quantitative estimate of drug-likeness (QED) is 0.295. The second kappa shape index (κ2) is 9.77. The van der Waals surface area contributed by atoms with Crippen LogP contribution in [0, 0.1) is 6.57 Å². The van der Waals surface area contributed by atoms with E-state index < -0.39 is 0 Å². The Morgan fingerprint density at radius 3 is 2.26 bits per heavy atom. The van der Waals surface area contributed by atoms with Crippen LogP contribution in [-0.4, -0.2) is 36.9 Å². The van der Waals surface area contributed by atoms with Crippen LogP contribution >= 0.6 is 0 Å². The molecule has 0 aliphatic carbocycles. The summed E-state index contributed by atoms with van der Waals surface area (Å²) in [6.07, 6.45) is 2.36. The standard InChI is InChI=1S/C30H29N3O2/c1-5-34-30-27-8-6-7-26(22-9-13-24(31-4)14-10-22)29(27)32-17-28(30)23-11-15-25(16-12-23)33-18-20(2)35-21(3)19-33/h6-17,20-21H,5,18-19H2,1-3H3/t20-,21+. The first-order valence-corrected chi connectivity index (χ1v) is 12.1. The van der Waals surface area contributed by atoms with Crippen LogP contribution in [-0.2, 0) is 4.74 Å². The van der Waals surface area contributed by atoms with E-state index >= 15 is 0 Å². The Balaban J connectivity index is 1.54. The minimum atomic E-state index is 0.222. The molecule has 4 aromatic rings. The van der Waals surface area contributed by atoms with Gasteiger partial charge in [0.2, 0.25) is 0 Å². The molecular weight excluding hydrogens is 434 g/mol. The van der Waals surface area contributed by atoms with Crippen molar-refractivity contribution < 1.29 is 9.47 Å². The average Bonchev–Trinajstić information content (AvgIpc) is 2.88. The first kappa shape index (κ1) is 22.9. The monoisotopic (exact) mass is 463 g/mol. The number of fused-ring (bicyclic) bond motifs is 1. The van der Waals surface area contributed by atoms with Gasteiger partial charge >= 0.3 is 0 Å². The minimum Gasteiger partial charge on any atom is -0.492 e. The number of anilines is 1. The van der Waals surface area contributed by atoms with Crippen molar-refractivity contribution in [3.63, 3.8) is 0 Å². The molecule has 0 spiro atoms. The molecule has 1 fully saturated rings. The number of rotatable bonds is 5. The van der Waals surface area contributed by atoms with E-state index in [-0.39, 0.29) is 12.2 Å². The molecule has 2 atom stereocenters. The summed E-state index contributed by atoms with van der Waals surface area (Å²) >= 11 is 0. The third-order valence-electron chi connectivity index (χ3n) is 6.41. The van der Waals surface area contributed by atoms with Crippen molar-refractivity contribution in [2.24, 2.45) is 0 Å². The second-order valence-electron chi connectivity index (χ2n) is 9.00. The van der Waals surface area contributed by atoms with E-state index in [4.69, 9.17) is 21.0 Å². The van der Waals surface area contributed by atoms with Crippen LogP contribution in [0.4, 0.5) is 11.4 Å². The van der Waals surface area contributed by atoms with Gasteiger partial charge in [-0.3, -0.25) is 4.98 Å². The van der Waals surface area contributed by atoms with Gasteiger partial charge in [-0.05, 0) is 50.1 Å². The molecule has 35 heavy (non-hydrogen) atoms. The number of morpholine rings is 1. The summed E-state index contributed by atoms with van der Waals surface area (Å²) in [4.78, 5) is 10.8. The molecule has 0 radical (unpaired) electrons. The van der Waals surface area contributed by atoms with Gasteiger partial charge in [0.05, 0.1) is 30.9 Å². The molecule has 5 rings (SSSR count). The molecule has 0 amide bonds. The van der Waals surface area contributed by atoms with Crippen LogP contribution in [0.1, 0.15) is 20.8 Å². The van der Waals surface area contributed by atoms with Crippen LogP contribution in [0.2, 0.25) is 0 Å². The molecule has 5 nitrogen and oxygen atoms in total. The van der Waals surface area contributed by atoms with Gasteiger partial charge < -0.3 is 14.4 Å². The Kier molecular flexibility index (Phi) is 6.39. The SMILES string of the molecule is [C-]#[N+]c1ccc(-c2cccc3c(OCC)c(-c4ccc(N5C[C@@H](C)O[C@@H](C)C5)cc4)cnc23)cc1. The van der Waals surface area contributed by atoms with Crippen LogP contribution in [0.15, 0.2) is 72.9 Å². The van der Waals surface area contributed by atoms with Crippen LogP contribution in [0.25, 0.3) is 38.0 Å². The van der Waals surface area contributed by atoms with Gasteiger partial charge in [0.15, 0.2) is 5.69 Å². The predicted molar refractivity (Wildman–Crippen MR) is 142 cm³/mol. The van der Waals surface area contributed by atoms with E-state index in [0.717, 1.165) is 52.0 Å². The number of hydrogen-bond donors (Lipinski definition) is 0. The van der Waals surface area contributed by atoms with E-state index in [0.29, 0.717) is 12.3 Å². The van der Waals surface area contributed by atoms with E-state index in [1.54, 1.807) is 0 Å². The van der Waals surface area contributed by atoms with Crippen molar-refractivity contribution in [2.45, 2.75) is 33.0 Å². The molecular formula is C30H29N3O2. The molecule has 0 saturated carbocycles. The molecule has 5 heteroatoms. The molecule has 1 aromatic heterocycles. The van der Waals surface area contributed by atoms with Gasteiger partial charge in [-0.2, -0.15) is 0 Å². The first-order chi connectivity index (χ1) is 17.1. The molecule has 176 valence electrons. The van der Waals surface area contributed by atoms with Gasteiger partial charge in [-0.25, -0.2) is 4.85 Å². The summed E-state index contributed by atoms with van der Waals surface area (Å²) in [6.45, 7) is 15.8. The van der Waals surface area contributed by atoms with Gasteiger partial charge in [0.1, 0.15) is 5.75 Å². The maximum atomic E-state index is 7.21. The Morgan fingerprint density at radius 1 is 0.943 bits per heavy atom. The zero-order valence-electron chi connectivity index (χ0n) is 20.4. The normalized spacial score (nSPS) is 17.8. The van der Waals surface area contributed by atoms with Gasteiger partial charge in [0, 0.05) is 41.5 Å². The highest BCUT2D eigenvalue weighted by Gasteiger charge is 2.22. The number of nitrogens with zero attached hydrogens (tertiary/aromatic N) is 3. The number of benzene rings is 3. The molecule has 0 N–H and O–H groups in total. The molecule has 1 aliphatic heterocycles. The zero-order valence-corrected chi connectivity index (χ0v) is 20.4. The van der Waals surface area contributed by atoms with E-state index in [9.17, 15) is 0 Å². The number of pyridine rings is 1. The van der Waals surface area contributed by atoms with E-state index in [1.165, 1.54) is 5.69 Å². The molecule has 0 bridgehead atoms.